The number of para-hydroxylation sites is 1. The Hall–Kier alpha value is -2.61. The minimum absolute atomic E-state index is 0.0224. The van der Waals surface area contributed by atoms with Gasteiger partial charge in [0.1, 0.15) is 22.5 Å². The van der Waals surface area contributed by atoms with Gasteiger partial charge >= 0.3 is 5.97 Å². The number of amides is 1. The zero-order chi connectivity index (χ0) is 18.5. The van der Waals surface area contributed by atoms with Crippen molar-refractivity contribution in [3.05, 3.63) is 30.6 Å². The van der Waals surface area contributed by atoms with Gasteiger partial charge in [0.2, 0.25) is 0 Å². The molecular weight excluding hydrogens is 354 g/mol. The summed E-state index contributed by atoms with van der Waals surface area (Å²) in [7, 11) is 0. The first-order chi connectivity index (χ1) is 12.6. The van der Waals surface area contributed by atoms with Crippen molar-refractivity contribution < 1.29 is 18.7 Å². The molecule has 0 aliphatic rings. The number of hydrogen-bond donors (Lipinski definition) is 1. The molecule has 7 nitrogen and oxygen atoms in total. The Kier molecular flexibility index (Phi) is 5.72. The predicted molar refractivity (Wildman–Crippen MR) is 98.9 cm³/mol. The zero-order valence-corrected chi connectivity index (χ0v) is 15.3. The number of aromatic nitrogens is 2. The quantitative estimate of drug-likeness (QED) is 0.386. The van der Waals surface area contributed by atoms with E-state index in [2.05, 4.69) is 15.3 Å². The van der Waals surface area contributed by atoms with Crippen LogP contribution in [0.2, 0.25) is 0 Å². The monoisotopic (exact) mass is 373 g/mol. The number of furan rings is 1. The highest BCUT2D eigenvalue weighted by Gasteiger charge is 2.19. The van der Waals surface area contributed by atoms with Crippen LogP contribution in [-0.4, -0.2) is 40.2 Å². The summed E-state index contributed by atoms with van der Waals surface area (Å²) < 4.78 is 11.0. The number of carbonyl (C=O) groups is 2. The maximum atomic E-state index is 12.0. The fourth-order valence-electron chi connectivity index (χ4n) is 2.41. The molecular formula is C18H19N3O4S. The van der Waals surface area contributed by atoms with Gasteiger partial charge in [-0.3, -0.25) is 9.59 Å². The molecule has 0 bridgehead atoms. The second-order valence-corrected chi connectivity index (χ2v) is 6.63. The van der Waals surface area contributed by atoms with Crippen LogP contribution in [0.4, 0.5) is 0 Å². The highest BCUT2D eigenvalue weighted by atomic mass is 32.2. The largest absolute Gasteiger partial charge is 0.452 e. The molecule has 0 radical (unpaired) electrons. The van der Waals surface area contributed by atoms with E-state index < -0.39 is 12.1 Å². The van der Waals surface area contributed by atoms with E-state index in [0.717, 1.165) is 11.8 Å². The molecule has 2 heterocycles. The normalized spacial score (nSPS) is 12.2. The lowest BCUT2D eigenvalue weighted by molar-refractivity contribution is -0.152. The number of carbonyl (C=O) groups excluding carboxylic acids is 2. The van der Waals surface area contributed by atoms with Crippen LogP contribution in [0.1, 0.15) is 20.3 Å². The minimum Gasteiger partial charge on any atom is -0.452 e. The molecule has 1 N–H and O–H groups in total. The summed E-state index contributed by atoms with van der Waals surface area (Å²) in [5.41, 5.74) is 1.97. The first-order valence-electron chi connectivity index (χ1n) is 8.32. The highest BCUT2D eigenvalue weighted by molar-refractivity contribution is 8.00. The van der Waals surface area contributed by atoms with Crippen molar-refractivity contribution in [3.8, 4) is 0 Å². The van der Waals surface area contributed by atoms with Crippen LogP contribution in [0.15, 0.2) is 40.0 Å². The lowest BCUT2D eigenvalue weighted by atomic mass is 10.2. The van der Waals surface area contributed by atoms with Gasteiger partial charge in [0.15, 0.2) is 11.7 Å². The Morgan fingerprint density at radius 1 is 1.31 bits per heavy atom. The Morgan fingerprint density at radius 2 is 2.12 bits per heavy atom. The van der Waals surface area contributed by atoms with Crippen molar-refractivity contribution in [2.45, 2.75) is 31.4 Å². The number of thioether (sulfide) groups is 1. The number of fused-ring (bicyclic) bond motifs is 3. The van der Waals surface area contributed by atoms with Crippen LogP contribution < -0.4 is 5.32 Å². The first kappa shape index (κ1) is 18.2. The third-order valence-corrected chi connectivity index (χ3v) is 4.62. The maximum absolute atomic E-state index is 12.0. The molecule has 3 rings (SSSR count). The van der Waals surface area contributed by atoms with Crippen molar-refractivity contribution in [1.29, 1.82) is 0 Å². The molecule has 1 amide bonds. The SMILES string of the molecule is CCCNC(=O)[C@H](C)OC(=O)CSc1ncnc2c1oc1ccccc12. The molecule has 0 saturated carbocycles. The molecule has 0 unspecified atom stereocenters. The number of rotatable bonds is 7. The smallest absolute Gasteiger partial charge is 0.317 e. The maximum Gasteiger partial charge on any atom is 0.317 e. The van der Waals surface area contributed by atoms with E-state index in [0.29, 0.717) is 28.3 Å². The van der Waals surface area contributed by atoms with E-state index in [4.69, 9.17) is 9.15 Å². The molecule has 0 saturated heterocycles. The molecule has 0 aliphatic carbocycles. The van der Waals surface area contributed by atoms with Crippen molar-refractivity contribution in [3.63, 3.8) is 0 Å². The van der Waals surface area contributed by atoms with E-state index in [1.165, 1.54) is 18.1 Å². The van der Waals surface area contributed by atoms with Crippen molar-refractivity contribution in [2.24, 2.45) is 0 Å². The fraction of sp³-hybridized carbons (Fsp3) is 0.333. The van der Waals surface area contributed by atoms with E-state index in [1.807, 2.05) is 31.2 Å². The van der Waals surface area contributed by atoms with Gasteiger partial charge in [-0.1, -0.05) is 30.8 Å². The van der Waals surface area contributed by atoms with Crippen LogP contribution in [-0.2, 0) is 14.3 Å². The topological polar surface area (TPSA) is 94.3 Å². The van der Waals surface area contributed by atoms with Crippen LogP contribution in [0.25, 0.3) is 22.1 Å². The second-order valence-electron chi connectivity index (χ2n) is 5.67. The number of nitrogens with one attached hydrogen (secondary N) is 1. The molecule has 8 heteroatoms. The summed E-state index contributed by atoms with van der Waals surface area (Å²) in [6.07, 6.45) is 1.44. The van der Waals surface area contributed by atoms with Crippen LogP contribution >= 0.6 is 11.8 Å². The second kappa shape index (κ2) is 8.18. The van der Waals surface area contributed by atoms with Gasteiger partial charge < -0.3 is 14.5 Å². The Bertz CT molecular complexity index is 940. The zero-order valence-electron chi connectivity index (χ0n) is 14.5. The third-order valence-electron chi connectivity index (χ3n) is 3.68. The number of esters is 1. The van der Waals surface area contributed by atoms with Gasteiger partial charge in [0, 0.05) is 11.9 Å². The van der Waals surface area contributed by atoms with Crippen LogP contribution in [0.5, 0.6) is 0 Å². The standard InChI is InChI=1S/C18H19N3O4S/c1-3-8-19-17(23)11(2)24-14(22)9-26-18-16-15(20-10-21-18)12-6-4-5-7-13(12)25-16/h4-7,10-11H,3,8-9H2,1-2H3,(H,19,23)/t11-/m0/s1. The summed E-state index contributed by atoms with van der Waals surface area (Å²) in [6.45, 7) is 4.06. The fourth-order valence-corrected chi connectivity index (χ4v) is 3.12. The highest BCUT2D eigenvalue weighted by Crippen LogP contribution is 2.32. The molecule has 0 spiro atoms. The number of benzene rings is 1. The van der Waals surface area contributed by atoms with E-state index >= 15 is 0 Å². The van der Waals surface area contributed by atoms with Crippen LogP contribution in [0, 0.1) is 0 Å². The molecule has 0 aliphatic heterocycles. The predicted octanol–water partition coefficient (Wildman–Crippen LogP) is 2.93. The molecule has 2 aromatic heterocycles. The van der Waals surface area contributed by atoms with Gasteiger partial charge in [0.05, 0.1) is 5.75 Å². The van der Waals surface area contributed by atoms with Crippen LogP contribution in [0.3, 0.4) is 0 Å². The van der Waals surface area contributed by atoms with Gasteiger partial charge in [-0.05, 0) is 25.5 Å². The van der Waals surface area contributed by atoms with Gasteiger partial charge in [-0.15, -0.1) is 0 Å². The third kappa shape index (κ3) is 3.96. The van der Waals surface area contributed by atoms with E-state index in [1.54, 1.807) is 6.92 Å². The minimum atomic E-state index is -0.828. The molecule has 1 aromatic carbocycles. The van der Waals surface area contributed by atoms with Crippen molar-refractivity contribution in [1.82, 2.24) is 15.3 Å². The lowest BCUT2D eigenvalue weighted by Gasteiger charge is -2.12. The van der Waals surface area contributed by atoms with Crippen molar-refractivity contribution >= 4 is 45.7 Å². The first-order valence-corrected chi connectivity index (χ1v) is 9.31. The summed E-state index contributed by atoms with van der Waals surface area (Å²) in [5, 5.41) is 4.15. The molecule has 136 valence electrons. The number of ether oxygens (including phenoxy) is 1. The summed E-state index contributed by atoms with van der Waals surface area (Å²) in [5.74, 6) is -0.766. The van der Waals surface area contributed by atoms with E-state index in [-0.39, 0.29) is 11.7 Å². The van der Waals surface area contributed by atoms with E-state index in [9.17, 15) is 9.59 Å². The molecule has 1 atom stereocenters. The number of nitrogens with zero attached hydrogens (tertiary/aromatic N) is 2. The summed E-state index contributed by atoms with van der Waals surface area (Å²) >= 11 is 1.19. The molecule has 26 heavy (non-hydrogen) atoms. The van der Waals surface area contributed by atoms with Gasteiger partial charge in [-0.2, -0.15) is 0 Å². The lowest BCUT2D eigenvalue weighted by Crippen LogP contribution is -2.36. The molecule has 3 aromatic rings. The van der Waals surface area contributed by atoms with Crippen molar-refractivity contribution in [2.75, 3.05) is 12.3 Å². The summed E-state index contributed by atoms with van der Waals surface area (Å²) in [6, 6.07) is 7.58. The average Bonchev–Trinajstić information content (AvgIpc) is 3.03. The number of hydrogen-bond acceptors (Lipinski definition) is 7. The Morgan fingerprint density at radius 3 is 2.92 bits per heavy atom. The Balaban J connectivity index is 1.66. The molecule has 0 fully saturated rings. The average molecular weight is 373 g/mol. The van der Waals surface area contributed by atoms with Gasteiger partial charge in [-0.25, -0.2) is 9.97 Å². The van der Waals surface area contributed by atoms with Gasteiger partial charge in [0.25, 0.3) is 5.91 Å². The summed E-state index contributed by atoms with van der Waals surface area (Å²) in [4.78, 5) is 32.2. The Labute approximate surface area is 154 Å².